The van der Waals surface area contributed by atoms with Crippen LogP contribution in [0.25, 0.3) is 22.3 Å². The second kappa shape index (κ2) is 8.40. The molecule has 28 heavy (non-hydrogen) atoms. The molecule has 0 amide bonds. The lowest BCUT2D eigenvalue weighted by atomic mass is 10.0. The van der Waals surface area contributed by atoms with Gasteiger partial charge < -0.3 is 9.15 Å². The van der Waals surface area contributed by atoms with E-state index in [0.29, 0.717) is 16.7 Å². The Labute approximate surface area is 164 Å². The van der Waals surface area contributed by atoms with Crippen molar-refractivity contribution in [2.75, 3.05) is 13.1 Å². The van der Waals surface area contributed by atoms with Gasteiger partial charge in [0.05, 0.1) is 5.39 Å². The monoisotopic (exact) mass is 379 g/mol. The minimum atomic E-state index is -0.504. The zero-order chi connectivity index (χ0) is 20.3. The molecule has 0 fully saturated rings. The van der Waals surface area contributed by atoms with Crippen LogP contribution in [-0.2, 0) is 4.74 Å². The maximum Gasteiger partial charge on any atom is 0.343 e. The van der Waals surface area contributed by atoms with Crippen LogP contribution in [0.3, 0.4) is 0 Å². The van der Waals surface area contributed by atoms with Gasteiger partial charge in [0.25, 0.3) is 0 Å². The number of nitrogens with zero attached hydrogens (tertiary/aromatic N) is 1. The Kier molecular flexibility index (Phi) is 5.95. The molecule has 1 heterocycles. The van der Waals surface area contributed by atoms with Crippen LogP contribution in [0.15, 0.2) is 57.7 Å². The Morgan fingerprint density at radius 2 is 1.75 bits per heavy atom. The fraction of sp³-hybridized carbons (Fsp3) is 0.304. The summed E-state index contributed by atoms with van der Waals surface area (Å²) in [6, 6.07) is 14.4. The summed E-state index contributed by atoms with van der Waals surface area (Å²) in [5.74, 6) is -0.0360. The number of para-hydroxylation sites is 1. The number of hydrogen-bond acceptors (Lipinski definition) is 5. The van der Waals surface area contributed by atoms with Crippen molar-refractivity contribution in [3.05, 3.63) is 69.9 Å². The van der Waals surface area contributed by atoms with Crippen LogP contribution in [0.4, 0.5) is 0 Å². The summed E-state index contributed by atoms with van der Waals surface area (Å²) in [5.41, 5.74) is 1.67. The first-order valence-electron chi connectivity index (χ1n) is 9.54. The van der Waals surface area contributed by atoms with Gasteiger partial charge in [0, 0.05) is 11.1 Å². The van der Waals surface area contributed by atoms with Gasteiger partial charge in [0.15, 0.2) is 17.2 Å². The first-order valence-corrected chi connectivity index (χ1v) is 9.54. The summed E-state index contributed by atoms with van der Waals surface area (Å²) < 4.78 is 11.7. The molecule has 1 atom stereocenters. The molecule has 2 aromatic carbocycles. The number of ether oxygens (including phenoxy) is 1. The van der Waals surface area contributed by atoms with E-state index >= 15 is 0 Å². The SMILES string of the molecule is CCN(CC)C(C)OC(=O)c1cccc2c(=O)c(C)c(-c3ccccc3)oc12. The number of esters is 1. The third-order valence-corrected chi connectivity index (χ3v) is 5.01. The van der Waals surface area contributed by atoms with E-state index in [2.05, 4.69) is 0 Å². The Hall–Kier alpha value is -2.92. The van der Waals surface area contributed by atoms with Crippen LogP contribution in [0.5, 0.6) is 0 Å². The lowest BCUT2D eigenvalue weighted by Gasteiger charge is -2.25. The molecule has 3 rings (SSSR count). The highest BCUT2D eigenvalue weighted by molar-refractivity contribution is 6.02. The summed E-state index contributed by atoms with van der Waals surface area (Å²) >= 11 is 0. The fourth-order valence-corrected chi connectivity index (χ4v) is 3.37. The standard InChI is InChI=1S/C23H25NO4/c1-5-24(6-2)16(4)27-23(26)19-14-10-13-18-20(25)15(3)21(28-22(18)19)17-11-8-7-9-12-17/h7-14,16H,5-6H2,1-4H3. The lowest BCUT2D eigenvalue weighted by Crippen LogP contribution is -2.36. The van der Waals surface area contributed by atoms with E-state index in [0.717, 1.165) is 18.7 Å². The second-order valence-corrected chi connectivity index (χ2v) is 6.66. The Bertz CT molecular complexity index is 1040. The molecule has 5 heteroatoms. The van der Waals surface area contributed by atoms with E-state index in [-0.39, 0.29) is 22.8 Å². The number of fused-ring (bicyclic) bond motifs is 1. The van der Waals surface area contributed by atoms with Gasteiger partial charge in [0.2, 0.25) is 0 Å². The summed E-state index contributed by atoms with van der Waals surface area (Å²) in [6.45, 7) is 9.14. The largest absolute Gasteiger partial charge is 0.455 e. The third-order valence-electron chi connectivity index (χ3n) is 5.01. The van der Waals surface area contributed by atoms with Crippen LogP contribution in [0, 0.1) is 6.92 Å². The molecule has 3 aromatic rings. The second-order valence-electron chi connectivity index (χ2n) is 6.66. The molecule has 0 aliphatic carbocycles. The van der Waals surface area contributed by atoms with Gasteiger partial charge in [-0.1, -0.05) is 50.2 Å². The molecule has 146 valence electrons. The summed E-state index contributed by atoms with van der Waals surface area (Å²) in [5, 5.41) is 0.377. The molecular weight excluding hydrogens is 354 g/mol. The van der Waals surface area contributed by atoms with Crippen LogP contribution in [0.2, 0.25) is 0 Å². The van der Waals surface area contributed by atoms with Crippen LogP contribution < -0.4 is 5.43 Å². The fourth-order valence-electron chi connectivity index (χ4n) is 3.37. The highest BCUT2D eigenvalue weighted by Gasteiger charge is 2.22. The van der Waals surface area contributed by atoms with E-state index in [1.165, 1.54) is 0 Å². The molecule has 0 radical (unpaired) electrons. The number of benzene rings is 2. The Morgan fingerprint density at radius 3 is 2.39 bits per heavy atom. The van der Waals surface area contributed by atoms with Crippen molar-refractivity contribution in [1.29, 1.82) is 0 Å². The molecule has 0 bridgehead atoms. The zero-order valence-corrected chi connectivity index (χ0v) is 16.7. The zero-order valence-electron chi connectivity index (χ0n) is 16.7. The molecule has 0 aliphatic heterocycles. The van der Waals surface area contributed by atoms with E-state index < -0.39 is 5.97 Å². The number of carbonyl (C=O) groups excluding carboxylic acids is 1. The molecular formula is C23H25NO4. The summed E-state index contributed by atoms with van der Waals surface area (Å²) in [6.07, 6.45) is -0.372. The molecule has 5 nitrogen and oxygen atoms in total. The number of hydrogen-bond donors (Lipinski definition) is 0. The van der Waals surface area contributed by atoms with E-state index in [4.69, 9.17) is 9.15 Å². The smallest absolute Gasteiger partial charge is 0.343 e. The molecule has 0 aliphatic rings. The summed E-state index contributed by atoms with van der Waals surface area (Å²) in [7, 11) is 0. The van der Waals surface area contributed by atoms with Gasteiger partial charge in [-0.2, -0.15) is 0 Å². The van der Waals surface area contributed by atoms with Gasteiger partial charge in [-0.15, -0.1) is 0 Å². The normalized spacial score (nSPS) is 12.3. The van der Waals surface area contributed by atoms with Crippen molar-refractivity contribution in [3.63, 3.8) is 0 Å². The average Bonchev–Trinajstić information content (AvgIpc) is 2.71. The number of carbonyl (C=O) groups is 1. The van der Waals surface area contributed by atoms with E-state index in [1.807, 2.05) is 56.0 Å². The predicted octanol–water partition coefficient (Wildman–Crippen LogP) is 4.61. The molecule has 1 aromatic heterocycles. The Balaban J connectivity index is 2.10. The third kappa shape index (κ3) is 3.71. The molecule has 0 saturated heterocycles. The highest BCUT2D eigenvalue weighted by atomic mass is 16.6. The van der Waals surface area contributed by atoms with Gasteiger partial charge in [-0.3, -0.25) is 9.69 Å². The van der Waals surface area contributed by atoms with Crippen molar-refractivity contribution in [2.45, 2.75) is 33.9 Å². The van der Waals surface area contributed by atoms with Crippen molar-refractivity contribution >= 4 is 16.9 Å². The molecule has 0 N–H and O–H groups in total. The van der Waals surface area contributed by atoms with Crippen LogP contribution in [0.1, 0.15) is 36.7 Å². The van der Waals surface area contributed by atoms with E-state index in [1.54, 1.807) is 25.1 Å². The van der Waals surface area contributed by atoms with Crippen LogP contribution >= 0.6 is 0 Å². The molecule has 0 spiro atoms. The molecule has 0 saturated carbocycles. The minimum Gasteiger partial charge on any atom is -0.455 e. The first-order chi connectivity index (χ1) is 13.5. The first kappa shape index (κ1) is 19.8. The predicted molar refractivity (Wildman–Crippen MR) is 110 cm³/mol. The molecule has 1 unspecified atom stereocenters. The lowest BCUT2D eigenvalue weighted by molar-refractivity contribution is -0.0196. The van der Waals surface area contributed by atoms with Crippen molar-refractivity contribution in [1.82, 2.24) is 4.90 Å². The van der Waals surface area contributed by atoms with Gasteiger partial charge in [0.1, 0.15) is 11.3 Å². The average molecular weight is 379 g/mol. The quantitative estimate of drug-likeness (QED) is 0.462. The number of rotatable bonds is 6. The maximum atomic E-state index is 12.9. The Morgan fingerprint density at radius 1 is 1.07 bits per heavy atom. The highest BCUT2D eigenvalue weighted by Crippen LogP contribution is 2.27. The van der Waals surface area contributed by atoms with Gasteiger partial charge in [-0.25, -0.2) is 4.79 Å². The maximum absolute atomic E-state index is 12.9. The van der Waals surface area contributed by atoms with Crippen molar-refractivity contribution < 1.29 is 13.9 Å². The van der Waals surface area contributed by atoms with E-state index in [9.17, 15) is 9.59 Å². The van der Waals surface area contributed by atoms with Crippen molar-refractivity contribution in [2.24, 2.45) is 0 Å². The van der Waals surface area contributed by atoms with Gasteiger partial charge in [-0.05, 0) is 39.1 Å². The van der Waals surface area contributed by atoms with Gasteiger partial charge >= 0.3 is 5.97 Å². The minimum absolute atomic E-state index is 0.147. The van der Waals surface area contributed by atoms with Crippen molar-refractivity contribution in [3.8, 4) is 11.3 Å². The summed E-state index contributed by atoms with van der Waals surface area (Å²) in [4.78, 5) is 27.8. The topological polar surface area (TPSA) is 59.8 Å². The van der Waals surface area contributed by atoms with Crippen LogP contribution in [-0.4, -0.2) is 30.2 Å².